The number of nitrogens with zero attached hydrogens (tertiary/aromatic N) is 1. The van der Waals surface area contributed by atoms with E-state index in [2.05, 4.69) is 24.3 Å². The van der Waals surface area contributed by atoms with Crippen molar-refractivity contribution in [3.8, 4) is 22.3 Å². The number of aldehydes is 1. The molecule has 1 amide bonds. The van der Waals surface area contributed by atoms with Gasteiger partial charge < -0.3 is 4.74 Å². The van der Waals surface area contributed by atoms with Crippen LogP contribution >= 0.6 is 11.6 Å². The summed E-state index contributed by atoms with van der Waals surface area (Å²) >= 11 is 6.00. The van der Waals surface area contributed by atoms with Gasteiger partial charge in [-0.05, 0) is 62.7 Å². The molecule has 0 bridgehead atoms. The minimum atomic E-state index is -0.465. The van der Waals surface area contributed by atoms with E-state index in [1.54, 1.807) is 6.20 Å². The molecule has 4 aromatic rings. The lowest BCUT2D eigenvalue weighted by molar-refractivity contribution is -0.104. The zero-order valence-corrected chi connectivity index (χ0v) is 21.3. The molecule has 1 aliphatic heterocycles. The summed E-state index contributed by atoms with van der Waals surface area (Å²) in [4.78, 5) is 26.3. The lowest BCUT2D eigenvalue weighted by atomic mass is 9.98. The highest BCUT2D eigenvalue weighted by atomic mass is 35.5. The zero-order valence-electron chi connectivity index (χ0n) is 20.5. The van der Waals surface area contributed by atoms with Crippen LogP contribution in [0.4, 0.5) is 4.79 Å². The van der Waals surface area contributed by atoms with Gasteiger partial charge in [0.25, 0.3) is 0 Å². The van der Waals surface area contributed by atoms with E-state index in [0.717, 1.165) is 39.7 Å². The van der Waals surface area contributed by atoms with E-state index in [9.17, 15) is 9.59 Å². The third-order valence-corrected chi connectivity index (χ3v) is 7.39. The molecule has 4 nitrogen and oxygen atoms in total. The molecule has 0 fully saturated rings. The Bertz CT molecular complexity index is 1540. The van der Waals surface area contributed by atoms with E-state index in [-0.39, 0.29) is 19.1 Å². The second-order valence-corrected chi connectivity index (χ2v) is 9.87. The summed E-state index contributed by atoms with van der Waals surface area (Å²) in [5, 5.41) is 0.700. The van der Waals surface area contributed by atoms with Crippen LogP contribution in [0.2, 0.25) is 5.02 Å². The van der Waals surface area contributed by atoms with Crippen LogP contribution in [0.25, 0.3) is 28.3 Å². The topological polar surface area (TPSA) is 46.6 Å². The monoisotopic (exact) mass is 517 g/mol. The molecule has 0 saturated carbocycles. The highest BCUT2D eigenvalue weighted by Gasteiger charge is 2.30. The van der Waals surface area contributed by atoms with Gasteiger partial charge in [0.15, 0.2) is 6.29 Å². The van der Waals surface area contributed by atoms with Crippen molar-refractivity contribution in [3.05, 3.63) is 136 Å². The van der Waals surface area contributed by atoms with E-state index in [1.165, 1.54) is 16.0 Å². The highest BCUT2D eigenvalue weighted by Crippen LogP contribution is 2.44. The molecular weight excluding hydrogens is 494 g/mol. The number of carbonyl (C=O) groups is 2. The van der Waals surface area contributed by atoms with Crippen LogP contribution in [0.5, 0.6) is 0 Å². The zero-order chi connectivity index (χ0) is 26.1. The number of ether oxygens (including phenoxy) is 1. The number of hydrogen-bond acceptors (Lipinski definition) is 3. The van der Waals surface area contributed by atoms with Gasteiger partial charge in [0.2, 0.25) is 0 Å². The van der Waals surface area contributed by atoms with Crippen LogP contribution in [0, 0.1) is 0 Å². The van der Waals surface area contributed by atoms with Gasteiger partial charge in [-0.25, -0.2) is 4.79 Å². The van der Waals surface area contributed by atoms with Gasteiger partial charge in [-0.3, -0.25) is 9.69 Å². The molecular formula is C33H24ClNO3. The Morgan fingerprint density at radius 2 is 1.42 bits per heavy atom. The Labute approximate surface area is 226 Å². The Morgan fingerprint density at radius 3 is 2.03 bits per heavy atom. The summed E-state index contributed by atoms with van der Waals surface area (Å²) in [5.74, 6) is -0.0161. The van der Waals surface area contributed by atoms with Crippen molar-refractivity contribution in [2.24, 2.45) is 0 Å². The molecule has 0 unspecified atom stereocenters. The maximum atomic E-state index is 13.0. The average molecular weight is 518 g/mol. The summed E-state index contributed by atoms with van der Waals surface area (Å²) < 4.78 is 5.78. The lowest BCUT2D eigenvalue weighted by Crippen LogP contribution is -2.26. The number of benzene rings is 4. The summed E-state index contributed by atoms with van der Waals surface area (Å²) in [7, 11) is 0. The maximum Gasteiger partial charge on any atom is 0.414 e. The summed E-state index contributed by atoms with van der Waals surface area (Å²) in [6.45, 7) is 0.516. The minimum Gasteiger partial charge on any atom is -0.448 e. The van der Waals surface area contributed by atoms with Gasteiger partial charge in [0, 0.05) is 22.7 Å². The number of rotatable bonds is 5. The molecule has 38 heavy (non-hydrogen) atoms. The molecule has 0 N–H and O–H groups in total. The van der Waals surface area contributed by atoms with Crippen molar-refractivity contribution in [1.29, 1.82) is 0 Å². The molecule has 6 rings (SSSR count). The van der Waals surface area contributed by atoms with Gasteiger partial charge in [0.1, 0.15) is 6.61 Å². The lowest BCUT2D eigenvalue weighted by Gasteiger charge is -2.18. The van der Waals surface area contributed by atoms with Gasteiger partial charge in [0.05, 0.1) is 6.54 Å². The average Bonchev–Trinajstić information content (AvgIpc) is 3.51. The molecule has 2 aliphatic rings. The van der Waals surface area contributed by atoms with Crippen LogP contribution < -0.4 is 0 Å². The van der Waals surface area contributed by atoms with Crippen molar-refractivity contribution in [2.75, 3.05) is 13.2 Å². The van der Waals surface area contributed by atoms with Crippen molar-refractivity contribution in [2.45, 2.75) is 5.92 Å². The molecule has 5 heteroatoms. The molecule has 4 aromatic carbocycles. The predicted octanol–water partition coefficient (Wildman–Crippen LogP) is 7.74. The van der Waals surface area contributed by atoms with Gasteiger partial charge >= 0.3 is 6.09 Å². The molecule has 0 saturated heterocycles. The second kappa shape index (κ2) is 10.2. The van der Waals surface area contributed by atoms with E-state index >= 15 is 0 Å². The first-order valence-corrected chi connectivity index (χ1v) is 12.8. The number of carbonyl (C=O) groups excluding carboxylic acids is 2. The maximum absolute atomic E-state index is 13.0. The highest BCUT2D eigenvalue weighted by molar-refractivity contribution is 6.30. The van der Waals surface area contributed by atoms with Crippen molar-refractivity contribution in [3.63, 3.8) is 0 Å². The third-order valence-electron chi connectivity index (χ3n) is 7.13. The summed E-state index contributed by atoms with van der Waals surface area (Å²) in [6.07, 6.45) is 3.82. The van der Waals surface area contributed by atoms with Crippen LogP contribution in [0.3, 0.4) is 0 Å². The van der Waals surface area contributed by atoms with E-state index in [1.807, 2.05) is 78.9 Å². The van der Waals surface area contributed by atoms with Crippen LogP contribution in [0.15, 0.2) is 114 Å². The number of fused-ring (bicyclic) bond motifs is 3. The fraction of sp³-hybridized carbons (Fsp3) is 0.0909. The Hall–Kier alpha value is -4.41. The van der Waals surface area contributed by atoms with Crippen molar-refractivity contribution >= 4 is 30.1 Å². The molecule has 0 aromatic heterocycles. The molecule has 0 atom stereocenters. The first-order chi connectivity index (χ1) is 18.6. The molecule has 1 aliphatic carbocycles. The smallest absolute Gasteiger partial charge is 0.414 e. The molecule has 186 valence electrons. The number of hydrogen-bond donors (Lipinski definition) is 0. The number of halogens is 1. The summed E-state index contributed by atoms with van der Waals surface area (Å²) in [5.41, 5.74) is 9.02. The molecule has 0 radical (unpaired) electrons. The predicted molar refractivity (Wildman–Crippen MR) is 151 cm³/mol. The van der Waals surface area contributed by atoms with Crippen LogP contribution in [-0.2, 0) is 9.53 Å². The Balaban J connectivity index is 1.15. The van der Waals surface area contributed by atoms with E-state index in [0.29, 0.717) is 10.6 Å². The van der Waals surface area contributed by atoms with Crippen LogP contribution in [0.1, 0.15) is 22.6 Å². The van der Waals surface area contributed by atoms with Gasteiger partial charge in [-0.2, -0.15) is 0 Å². The van der Waals surface area contributed by atoms with Gasteiger partial charge in [-0.15, -0.1) is 0 Å². The fourth-order valence-corrected chi connectivity index (χ4v) is 5.34. The van der Waals surface area contributed by atoms with Gasteiger partial charge in [-0.1, -0.05) is 96.5 Å². The van der Waals surface area contributed by atoms with E-state index in [4.69, 9.17) is 16.3 Å². The SMILES string of the molecule is O=CC1=CN(C(=O)OCC2c3ccccc3-c3ccccc32)CC1=Cc1ccc(-c2ccc(Cl)cc2)cc1. The Morgan fingerprint density at radius 1 is 0.842 bits per heavy atom. The second-order valence-electron chi connectivity index (χ2n) is 9.43. The third kappa shape index (κ3) is 4.55. The first kappa shape index (κ1) is 24.0. The largest absolute Gasteiger partial charge is 0.448 e. The fourth-order valence-electron chi connectivity index (χ4n) is 5.22. The Kier molecular flexibility index (Phi) is 6.40. The van der Waals surface area contributed by atoms with Crippen molar-refractivity contribution in [1.82, 2.24) is 4.90 Å². The first-order valence-electron chi connectivity index (χ1n) is 12.5. The minimum absolute atomic E-state index is 0.0161. The normalized spacial score (nSPS) is 15.2. The standard InChI is InChI=1S/C33H24ClNO3/c34-27-15-13-24(14-16-27)23-11-9-22(10-12-23)17-25-18-35(19-26(25)20-36)33(37)38-21-32-30-7-3-1-5-28(30)29-6-2-4-8-31(29)32/h1-17,19-20,32H,18,21H2. The van der Waals surface area contributed by atoms with Crippen molar-refractivity contribution < 1.29 is 14.3 Å². The molecule has 1 heterocycles. The van der Waals surface area contributed by atoms with Crippen LogP contribution in [-0.4, -0.2) is 30.4 Å². The van der Waals surface area contributed by atoms with E-state index < -0.39 is 6.09 Å². The number of amides is 1. The summed E-state index contributed by atoms with van der Waals surface area (Å²) in [6, 6.07) is 32.2. The molecule has 0 spiro atoms. The quantitative estimate of drug-likeness (QED) is 0.254.